The van der Waals surface area contributed by atoms with Gasteiger partial charge in [-0.15, -0.1) is 0 Å². The molecule has 0 unspecified atom stereocenters. The minimum absolute atomic E-state index is 0.0268. The van der Waals surface area contributed by atoms with E-state index in [1.165, 1.54) is 32.9 Å². The first-order valence-corrected chi connectivity index (χ1v) is 12.8. The standard InChI is InChI=1S/C30H36O9/c1-8-19(16(2)31)14-21-24(34)22(37-17(3)32)15-23-29(5,6)26(35)25(38-18(4)33)27(30(21,23)7)39-28(36)20-12-10-9-11-13-20/h8-14,21-23,25-27,35H,1,15H2,2-7H3/b19-14+/t21-,22+,23-,25-,26+,27-,30-/m0/s1. The zero-order valence-corrected chi connectivity index (χ0v) is 23.1. The maximum absolute atomic E-state index is 13.9. The van der Waals surface area contributed by atoms with E-state index in [2.05, 4.69) is 6.58 Å². The number of ketones is 2. The number of aliphatic hydroxyl groups excluding tert-OH is 1. The van der Waals surface area contributed by atoms with Crippen LogP contribution in [0, 0.1) is 22.7 Å². The van der Waals surface area contributed by atoms with Crippen molar-refractivity contribution in [1.29, 1.82) is 0 Å². The number of fused-ring (bicyclic) bond motifs is 1. The van der Waals surface area contributed by atoms with Crippen LogP contribution in [-0.4, -0.2) is 59.0 Å². The van der Waals surface area contributed by atoms with Crippen molar-refractivity contribution in [3.63, 3.8) is 0 Å². The van der Waals surface area contributed by atoms with Gasteiger partial charge in [-0.25, -0.2) is 4.79 Å². The molecule has 1 aromatic carbocycles. The summed E-state index contributed by atoms with van der Waals surface area (Å²) in [7, 11) is 0. The van der Waals surface area contributed by atoms with Gasteiger partial charge in [0.15, 0.2) is 23.8 Å². The van der Waals surface area contributed by atoms with E-state index in [0.717, 1.165) is 0 Å². The Morgan fingerprint density at radius 3 is 2.08 bits per heavy atom. The number of aliphatic hydroxyl groups is 1. The summed E-state index contributed by atoms with van der Waals surface area (Å²) in [5.41, 5.74) is -1.94. The number of rotatable bonds is 7. The third-order valence-electron chi connectivity index (χ3n) is 8.20. The number of carbonyl (C=O) groups excluding carboxylic acids is 5. The molecule has 210 valence electrons. The summed E-state index contributed by atoms with van der Waals surface area (Å²) in [5, 5.41) is 11.5. The van der Waals surface area contributed by atoms with E-state index in [1.807, 2.05) is 0 Å². The average Bonchev–Trinajstić information content (AvgIpc) is 2.86. The molecule has 2 fully saturated rings. The highest BCUT2D eigenvalue weighted by atomic mass is 16.6. The van der Waals surface area contributed by atoms with Crippen LogP contribution in [0.25, 0.3) is 0 Å². The lowest BCUT2D eigenvalue weighted by atomic mass is 9.45. The number of hydrogen-bond acceptors (Lipinski definition) is 9. The minimum Gasteiger partial charge on any atom is -0.456 e. The highest BCUT2D eigenvalue weighted by Gasteiger charge is 2.69. The first kappa shape index (κ1) is 30.0. The number of Topliss-reactive ketones (excluding diaryl/α,β-unsaturated/α-hetero) is 2. The summed E-state index contributed by atoms with van der Waals surface area (Å²) < 4.78 is 17.0. The van der Waals surface area contributed by atoms with Crippen molar-refractivity contribution in [1.82, 2.24) is 0 Å². The highest BCUT2D eigenvalue weighted by Crippen LogP contribution is 2.61. The molecule has 7 atom stereocenters. The number of benzene rings is 1. The molecule has 0 radical (unpaired) electrons. The second-order valence-corrected chi connectivity index (χ2v) is 11.0. The number of carbonyl (C=O) groups is 5. The summed E-state index contributed by atoms with van der Waals surface area (Å²) in [6, 6.07) is 8.16. The fraction of sp³-hybridized carbons (Fsp3) is 0.500. The third-order valence-corrected chi connectivity index (χ3v) is 8.20. The van der Waals surface area contributed by atoms with Gasteiger partial charge >= 0.3 is 17.9 Å². The van der Waals surface area contributed by atoms with Crippen molar-refractivity contribution in [3.05, 3.63) is 60.2 Å². The normalized spacial score (nSPS) is 31.9. The Kier molecular flexibility index (Phi) is 8.65. The molecule has 0 aromatic heterocycles. The van der Waals surface area contributed by atoms with Gasteiger partial charge in [0, 0.05) is 30.8 Å². The molecule has 2 saturated carbocycles. The van der Waals surface area contributed by atoms with Crippen LogP contribution in [-0.2, 0) is 33.4 Å². The highest BCUT2D eigenvalue weighted by molar-refractivity contribution is 5.98. The van der Waals surface area contributed by atoms with Gasteiger partial charge in [-0.3, -0.25) is 19.2 Å². The van der Waals surface area contributed by atoms with E-state index in [1.54, 1.807) is 51.1 Å². The van der Waals surface area contributed by atoms with Gasteiger partial charge < -0.3 is 19.3 Å². The first-order valence-electron chi connectivity index (χ1n) is 12.8. The second-order valence-electron chi connectivity index (χ2n) is 11.0. The quantitative estimate of drug-likeness (QED) is 0.239. The lowest BCUT2D eigenvalue weighted by Gasteiger charge is -2.62. The maximum atomic E-state index is 13.9. The lowest BCUT2D eigenvalue weighted by molar-refractivity contribution is -0.252. The van der Waals surface area contributed by atoms with Gasteiger partial charge in [0.2, 0.25) is 0 Å². The van der Waals surface area contributed by atoms with Crippen molar-refractivity contribution in [3.8, 4) is 0 Å². The van der Waals surface area contributed by atoms with E-state index < -0.39 is 70.8 Å². The van der Waals surface area contributed by atoms with Crippen molar-refractivity contribution in [2.75, 3.05) is 0 Å². The Hall–Kier alpha value is -3.59. The first-order chi connectivity index (χ1) is 18.2. The van der Waals surface area contributed by atoms with Crippen LogP contribution >= 0.6 is 0 Å². The molecule has 3 rings (SSSR count). The second kappa shape index (κ2) is 11.3. The Morgan fingerprint density at radius 1 is 0.974 bits per heavy atom. The molecular weight excluding hydrogens is 504 g/mol. The SMILES string of the molecule is C=C/C(=C\[C@H]1C(=O)[C@H](OC(C)=O)C[C@H]2C(C)(C)[C@H](O)[C@H](OC(C)=O)[C@H](OC(=O)c3ccccc3)[C@@]12C)C(C)=O. The molecule has 0 saturated heterocycles. The van der Waals surface area contributed by atoms with Crippen LogP contribution in [0.4, 0.5) is 0 Å². The van der Waals surface area contributed by atoms with Crippen molar-refractivity contribution >= 4 is 29.5 Å². The molecule has 1 aromatic rings. The number of ether oxygens (including phenoxy) is 3. The monoisotopic (exact) mass is 540 g/mol. The van der Waals surface area contributed by atoms with Gasteiger partial charge in [0.1, 0.15) is 12.2 Å². The van der Waals surface area contributed by atoms with Crippen LogP contribution in [0.5, 0.6) is 0 Å². The largest absolute Gasteiger partial charge is 0.456 e. The van der Waals surface area contributed by atoms with Crippen molar-refractivity contribution in [2.24, 2.45) is 22.7 Å². The molecule has 0 bridgehead atoms. The third kappa shape index (κ3) is 5.59. The minimum atomic E-state index is -1.33. The maximum Gasteiger partial charge on any atom is 0.338 e. The molecule has 2 aliphatic rings. The topological polar surface area (TPSA) is 133 Å². The lowest BCUT2D eigenvalue weighted by Crippen LogP contribution is -2.71. The predicted molar refractivity (Wildman–Crippen MR) is 140 cm³/mol. The Morgan fingerprint density at radius 2 is 1.56 bits per heavy atom. The van der Waals surface area contributed by atoms with Crippen LogP contribution < -0.4 is 0 Å². The molecule has 9 heteroatoms. The molecule has 0 amide bonds. The Bertz CT molecular complexity index is 1200. The molecule has 0 aliphatic heterocycles. The summed E-state index contributed by atoms with van der Waals surface area (Å²) in [6.45, 7) is 12.6. The summed E-state index contributed by atoms with van der Waals surface area (Å²) >= 11 is 0. The molecule has 1 N–H and O–H groups in total. The molecule has 0 heterocycles. The molecule has 9 nitrogen and oxygen atoms in total. The van der Waals surface area contributed by atoms with Crippen LogP contribution in [0.1, 0.15) is 58.3 Å². The van der Waals surface area contributed by atoms with Crippen LogP contribution in [0.15, 0.2) is 54.6 Å². The fourth-order valence-electron chi connectivity index (χ4n) is 6.28. The van der Waals surface area contributed by atoms with E-state index >= 15 is 0 Å². The van der Waals surface area contributed by atoms with E-state index in [4.69, 9.17) is 14.2 Å². The molecule has 2 aliphatic carbocycles. The Labute approximate surface area is 228 Å². The zero-order chi connectivity index (χ0) is 29.3. The predicted octanol–water partition coefficient (Wildman–Crippen LogP) is 3.39. The van der Waals surface area contributed by atoms with E-state index in [-0.39, 0.29) is 23.3 Å². The smallest absolute Gasteiger partial charge is 0.338 e. The van der Waals surface area contributed by atoms with Gasteiger partial charge in [-0.1, -0.05) is 57.7 Å². The fourth-order valence-corrected chi connectivity index (χ4v) is 6.28. The molecular formula is C30H36O9. The van der Waals surface area contributed by atoms with Gasteiger partial charge in [-0.2, -0.15) is 0 Å². The molecule has 0 spiro atoms. The van der Waals surface area contributed by atoms with Gasteiger partial charge in [0.25, 0.3) is 0 Å². The summed E-state index contributed by atoms with van der Waals surface area (Å²) in [4.78, 5) is 63.8. The average molecular weight is 541 g/mol. The van der Waals surface area contributed by atoms with Gasteiger partial charge in [0.05, 0.1) is 5.56 Å². The number of esters is 3. The summed E-state index contributed by atoms with van der Waals surface area (Å²) in [6.07, 6.45) is -2.31. The van der Waals surface area contributed by atoms with E-state index in [0.29, 0.717) is 0 Å². The van der Waals surface area contributed by atoms with Crippen molar-refractivity contribution < 1.29 is 43.3 Å². The van der Waals surface area contributed by atoms with Gasteiger partial charge in [-0.05, 0) is 36.8 Å². The zero-order valence-electron chi connectivity index (χ0n) is 23.1. The number of allylic oxidation sites excluding steroid dienone is 3. The van der Waals surface area contributed by atoms with Crippen molar-refractivity contribution in [2.45, 2.75) is 72.4 Å². The number of hydrogen-bond donors (Lipinski definition) is 1. The van der Waals surface area contributed by atoms with E-state index in [9.17, 15) is 29.1 Å². The van der Waals surface area contributed by atoms with Crippen LogP contribution in [0.2, 0.25) is 0 Å². The Balaban J connectivity index is 2.29. The van der Waals surface area contributed by atoms with Crippen LogP contribution in [0.3, 0.4) is 0 Å². The summed E-state index contributed by atoms with van der Waals surface area (Å²) in [5.74, 6) is -4.68. The molecule has 39 heavy (non-hydrogen) atoms.